The van der Waals surface area contributed by atoms with Crippen molar-refractivity contribution in [2.45, 2.75) is 19.9 Å². The van der Waals surface area contributed by atoms with Crippen LogP contribution in [0.4, 0.5) is 10.1 Å². The summed E-state index contributed by atoms with van der Waals surface area (Å²) >= 11 is 5.31. The summed E-state index contributed by atoms with van der Waals surface area (Å²) in [4.78, 5) is 0. The van der Waals surface area contributed by atoms with Crippen LogP contribution in [0.15, 0.2) is 72.0 Å². The van der Waals surface area contributed by atoms with Crippen molar-refractivity contribution in [3.63, 3.8) is 0 Å². The highest BCUT2D eigenvalue weighted by Crippen LogP contribution is 2.15. The number of para-hydroxylation sites is 1. The zero-order chi connectivity index (χ0) is 19.1. The molecule has 0 aliphatic heterocycles. The lowest BCUT2D eigenvalue weighted by molar-refractivity contribution is 0.626. The molecule has 0 aliphatic rings. The van der Waals surface area contributed by atoms with E-state index in [0.29, 0.717) is 11.7 Å². The third-order valence-corrected chi connectivity index (χ3v) is 4.33. The fourth-order valence-electron chi connectivity index (χ4n) is 2.73. The molecule has 0 radical (unpaired) electrons. The lowest BCUT2D eigenvalue weighted by Gasteiger charge is -2.11. The van der Waals surface area contributed by atoms with Crippen molar-refractivity contribution in [3.8, 4) is 0 Å². The van der Waals surface area contributed by atoms with Crippen molar-refractivity contribution in [2.75, 3.05) is 5.32 Å². The summed E-state index contributed by atoms with van der Waals surface area (Å²) in [5.74, 6) is -0.233. The molecule has 0 bridgehead atoms. The Morgan fingerprint density at radius 3 is 2.67 bits per heavy atom. The van der Waals surface area contributed by atoms with Gasteiger partial charge in [-0.1, -0.05) is 37.3 Å². The third kappa shape index (κ3) is 5.24. The van der Waals surface area contributed by atoms with Crippen LogP contribution in [0.1, 0.15) is 23.7 Å². The molecule has 0 saturated carbocycles. The summed E-state index contributed by atoms with van der Waals surface area (Å²) in [7, 11) is 0. The summed E-state index contributed by atoms with van der Waals surface area (Å²) in [6.07, 6.45) is 4.59. The Balaban J connectivity index is 1.59. The van der Waals surface area contributed by atoms with E-state index < -0.39 is 0 Å². The van der Waals surface area contributed by atoms with Crippen LogP contribution in [0.5, 0.6) is 0 Å². The second kappa shape index (κ2) is 9.09. The molecule has 2 N–H and O–H groups in total. The van der Waals surface area contributed by atoms with Gasteiger partial charge in [-0.3, -0.25) is 5.43 Å². The second-order valence-electron chi connectivity index (χ2n) is 6.02. The Morgan fingerprint density at radius 1 is 1.11 bits per heavy atom. The van der Waals surface area contributed by atoms with E-state index in [0.717, 1.165) is 23.4 Å². The number of nitrogens with one attached hydrogen (secondary N) is 2. The maximum absolute atomic E-state index is 13.0. The van der Waals surface area contributed by atoms with Crippen molar-refractivity contribution in [3.05, 3.63) is 89.5 Å². The molecule has 27 heavy (non-hydrogen) atoms. The fourth-order valence-corrected chi connectivity index (χ4v) is 2.90. The average molecular weight is 380 g/mol. The van der Waals surface area contributed by atoms with Gasteiger partial charge in [0.15, 0.2) is 5.11 Å². The molecule has 0 aliphatic carbocycles. The van der Waals surface area contributed by atoms with E-state index in [1.54, 1.807) is 18.3 Å². The monoisotopic (exact) mass is 380 g/mol. The molecule has 0 unspecified atom stereocenters. The van der Waals surface area contributed by atoms with Crippen LogP contribution in [-0.2, 0) is 13.0 Å². The van der Waals surface area contributed by atoms with Gasteiger partial charge >= 0.3 is 0 Å². The van der Waals surface area contributed by atoms with Crippen LogP contribution in [0.3, 0.4) is 0 Å². The number of nitrogens with zero attached hydrogens (tertiary/aromatic N) is 2. The Morgan fingerprint density at radius 2 is 1.89 bits per heavy atom. The van der Waals surface area contributed by atoms with E-state index >= 15 is 0 Å². The standard InChI is InChI=1S/C21H21FN4S/c1-2-17-6-3-4-8-20(17)24-21(27)25-23-14-19-7-5-13-26(19)15-16-9-11-18(22)12-10-16/h3-14H,2,15H2,1H3,(H2,24,25,27)/b23-14+. The molecule has 2 aromatic carbocycles. The summed E-state index contributed by atoms with van der Waals surface area (Å²) in [5.41, 5.74) is 6.96. The van der Waals surface area contributed by atoms with Crippen LogP contribution in [-0.4, -0.2) is 15.9 Å². The summed E-state index contributed by atoms with van der Waals surface area (Å²) in [6.45, 7) is 2.74. The van der Waals surface area contributed by atoms with E-state index in [2.05, 4.69) is 28.8 Å². The first-order chi connectivity index (χ1) is 13.2. The van der Waals surface area contributed by atoms with Crippen LogP contribution >= 0.6 is 12.2 Å². The molecule has 1 aromatic heterocycles. The fraction of sp³-hybridized carbons (Fsp3) is 0.143. The first-order valence-electron chi connectivity index (χ1n) is 8.73. The molecule has 0 amide bonds. The molecule has 138 valence electrons. The van der Waals surface area contributed by atoms with Gasteiger partial charge in [0.25, 0.3) is 0 Å². The van der Waals surface area contributed by atoms with Gasteiger partial charge in [0, 0.05) is 18.4 Å². The third-order valence-electron chi connectivity index (χ3n) is 4.14. The van der Waals surface area contributed by atoms with Crippen LogP contribution < -0.4 is 10.7 Å². The van der Waals surface area contributed by atoms with Crippen molar-refractivity contribution in [1.82, 2.24) is 9.99 Å². The number of aryl methyl sites for hydroxylation is 1. The molecule has 1 heterocycles. The van der Waals surface area contributed by atoms with Crippen LogP contribution in [0.2, 0.25) is 0 Å². The van der Waals surface area contributed by atoms with Crippen molar-refractivity contribution < 1.29 is 4.39 Å². The van der Waals surface area contributed by atoms with E-state index in [1.165, 1.54) is 17.7 Å². The number of halogens is 1. The lowest BCUT2D eigenvalue weighted by Crippen LogP contribution is -2.24. The number of hydrogen-bond acceptors (Lipinski definition) is 2. The minimum Gasteiger partial charge on any atom is -0.342 e. The summed E-state index contributed by atoms with van der Waals surface area (Å²) in [5, 5.41) is 7.82. The van der Waals surface area contributed by atoms with Crippen molar-refractivity contribution >= 4 is 29.2 Å². The highest BCUT2D eigenvalue weighted by Gasteiger charge is 2.02. The average Bonchev–Trinajstić information content (AvgIpc) is 3.11. The predicted octanol–water partition coefficient (Wildman–Crippen LogP) is 4.56. The molecule has 0 fully saturated rings. The van der Waals surface area contributed by atoms with E-state index in [1.807, 2.05) is 41.1 Å². The molecule has 0 atom stereocenters. The van der Waals surface area contributed by atoms with Gasteiger partial charge in [-0.25, -0.2) is 4.39 Å². The van der Waals surface area contributed by atoms with Gasteiger partial charge in [-0.2, -0.15) is 5.10 Å². The number of hydrogen-bond donors (Lipinski definition) is 2. The Labute approximate surface area is 163 Å². The van der Waals surface area contributed by atoms with Crippen LogP contribution in [0, 0.1) is 5.82 Å². The minimum atomic E-state index is -0.233. The van der Waals surface area contributed by atoms with E-state index in [4.69, 9.17) is 12.2 Å². The van der Waals surface area contributed by atoms with E-state index in [9.17, 15) is 4.39 Å². The van der Waals surface area contributed by atoms with Gasteiger partial charge in [0.1, 0.15) is 5.82 Å². The normalized spacial score (nSPS) is 10.9. The summed E-state index contributed by atoms with van der Waals surface area (Å²) < 4.78 is 15.1. The Hall–Kier alpha value is -2.99. The zero-order valence-corrected chi connectivity index (χ0v) is 15.8. The Kier molecular flexibility index (Phi) is 6.33. The first-order valence-corrected chi connectivity index (χ1v) is 9.14. The minimum absolute atomic E-state index is 0.233. The quantitative estimate of drug-likeness (QED) is 0.374. The molecule has 6 heteroatoms. The highest BCUT2D eigenvalue weighted by atomic mass is 32.1. The van der Waals surface area contributed by atoms with Gasteiger partial charge in [0.05, 0.1) is 11.9 Å². The molecular weight excluding hydrogens is 359 g/mol. The number of thiocarbonyl (C=S) groups is 1. The lowest BCUT2D eigenvalue weighted by atomic mass is 10.1. The SMILES string of the molecule is CCc1ccccc1NC(=S)N/N=C/c1cccn1Cc1ccc(F)cc1. The predicted molar refractivity (Wildman–Crippen MR) is 113 cm³/mol. The molecule has 3 rings (SSSR count). The zero-order valence-electron chi connectivity index (χ0n) is 15.0. The topological polar surface area (TPSA) is 41.4 Å². The number of aromatic nitrogens is 1. The molecule has 4 nitrogen and oxygen atoms in total. The Bertz CT molecular complexity index is 931. The largest absolute Gasteiger partial charge is 0.342 e. The number of hydrazone groups is 1. The van der Waals surface area contributed by atoms with Crippen molar-refractivity contribution in [2.24, 2.45) is 5.10 Å². The number of benzene rings is 2. The van der Waals surface area contributed by atoms with Gasteiger partial charge in [-0.05, 0) is 60.1 Å². The van der Waals surface area contributed by atoms with Gasteiger partial charge < -0.3 is 9.88 Å². The highest BCUT2D eigenvalue weighted by molar-refractivity contribution is 7.80. The molecule has 0 saturated heterocycles. The number of anilines is 1. The summed E-state index contributed by atoms with van der Waals surface area (Å²) in [6, 6.07) is 18.4. The maximum Gasteiger partial charge on any atom is 0.191 e. The van der Waals surface area contributed by atoms with Gasteiger partial charge in [0.2, 0.25) is 0 Å². The second-order valence-corrected chi connectivity index (χ2v) is 6.43. The van der Waals surface area contributed by atoms with E-state index in [-0.39, 0.29) is 5.82 Å². The van der Waals surface area contributed by atoms with Gasteiger partial charge in [-0.15, -0.1) is 0 Å². The maximum atomic E-state index is 13.0. The van der Waals surface area contributed by atoms with Crippen molar-refractivity contribution in [1.29, 1.82) is 0 Å². The first kappa shape index (κ1) is 18.8. The smallest absolute Gasteiger partial charge is 0.191 e. The molecule has 3 aromatic rings. The molecule has 0 spiro atoms. The van der Waals surface area contributed by atoms with Crippen LogP contribution in [0.25, 0.3) is 0 Å². The molecular formula is C21H21FN4S. The number of rotatable bonds is 6.